The van der Waals surface area contributed by atoms with Crippen LogP contribution in [0.1, 0.15) is 39.0 Å². The first-order chi connectivity index (χ1) is 11.7. The minimum absolute atomic E-state index is 0. The molecule has 1 aliphatic rings. The van der Waals surface area contributed by atoms with E-state index in [1.165, 1.54) is 25.7 Å². The number of aliphatic imine (C=N–C) groups is 1. The number of hydrogen-bond donors (Lipinski definition) is 3. The van der Waals surface area contributed by atoms with Gasteiger partial charge in [-0.05, 0) is 31.6 Å². The van der Waals surface area contributed by atoms with Gasteiger partial charge < -0.3 is 25.4 Å². The second-order valence-corrected chi connectivity index (χ2v) is 6.28. The zero-order valence-electron chi connectivity index (χ0n) is 15.9. The Morgan fingerprint density at radius 3 is 2.48 bits per heavy atom. The molecule has 0 atom stereocenters. The van der Waals surface area contributed by atoms with Crippen molar-refractivity contribution in [3.8, 4) is 0 Å². The molecule has 1 amide bonds. The van der Waals surface area contributed by atoms with Gasteiger partial charge in [-0.25, -0.2) is 0 Å². The molecule has 0 saturated heterocycles. The van der Waals surface area contributed by atoms with Gasteiger partial charge in [-0.3, -0.25) is 9.79 Å². The first kappa shape index (κ1) is 24.4. The number of carbonyl (C=O) groups excluding carboxylic acids is 1. The summed E-state index contributed by atoms with van der Waals surface area (Å²) < 4.78 is 10.4. The molecule has 1 aliphatic carbocycles. The quantitative estimate of drug-likeness (QED) is 0.185. The van der Waals surface area contributed by atoms with E-state index < -0.39 is 0 Å². The fraction of sp³-hybridized carbons (Fsp3) is 0.882. The Kier molecular flexibility index (Phi) is 14.2. The van der Waals surface area contributed by atoms with Crippen LogP contribution in [0, 0.1) is 5.41 Å². The van der Waals surface area contributed by atoms with E-state index >= 15 is 0 Å². The van der Waals surface area contributed by atoms with Crippen LogP contribution in [-0.2, 0) is 14.3 Å². The lowest BCUT2D eigenvalue weighted by atomic mass is 9.83. The number of halogens is 1. The first-order valence-electron chi connectivity index (χ1n) is 8.93. The number of methoxy groups -OCH3 is 1. The number of rotatable bonds is 11. The Labute approximate surface area is 169 Å². The fourth-order valence-electron chi connectivity index (χ4n) is 3.08. The molecule has 0 bridgehead atoms. The number of nitrogens with zero attached hydrogens (tertiary/aromatic N) is 1. The van der Waals surface area contributed by atoms with Gasteiger partial charge in [0, 0.05) is 40.5 Å². The normalized spacial score (nSPS) is 16.2. The molecule has 0 radical (unpaired) electrons. The average molecular weight is 470 g/mol. The number of amides is 1. The van der Waals surface area contributed by atoms with E-state index in [-0.39, 0.29) is 41.8 Å². The lowest BCUT2D eigenvalue weighted by Crippen LogP contribution is -2.46. The van der Waals surface area contributed by atoms with Gasteiger partial charge >= 0.3 is 0 Å². The second-order valence-electron chi connectivity index (χ2n) is 6.28. The average Bonchev–Trinajstić information content (AvgIpc) is 3.04. The van der Waals surface area contributed by atoms with E-state index in [0.717, 1.165) is 26.2 Å². The number of nitrogens with one attached hydrogen (secondary N) is 3. The lowest BCUT2D eigenvalue weighted by molar-refractivity contribution is -0.120. The molecule has 1 saturated carbocycles. The largest absolute Gasteiger partial charge is 0.383 e. The summed E-state index contributed by atoms with van der Waals surface area (Å²) in [4.78, 5) is 15.9. The summed E-state index contributed by atoms with van der Waals surface area (Å²) >= 11 is 0. The number of guanidine groups is 1. The molecule has 148 valence electrons. The van der Waals surface area contributed by atoms with Crippen molar-refractivity contribution in [3.63, 3.8) is 0 Å². The van der Waals surface area contributed by atoms with Crippen molar-refractivity contribution in [3.05, 3.63) is 0 Å². The van der Waals surface area contributed by atoms with E-state index in [1.807, 2.05) is 6.92 Å². The molecule has 7 nitrogen and oxygen atoms in total. The highest BCUT2D eigenvalue weighted by atomic mass is 127. The Morgan fingerprint density at radius 1 is 1.16 bits per heavy atom. The molecule has 0 aromatic carbocycles. The van der Waals surface area contributed by atoms with Crippen LogP contribution in [0.2, 0.25) is 0 Å². The zero-order valence-corrected chi connectivity index (χ0v) is 18.2. The van der Waals surface area contributed by atoms with Gasteiger partial charge in [0.15, 0.2) is 5.96 Å². The predicted octanol–water partition coefficient (Wildman–Crippen LogP) is 1.52. The summed E-state index contributed by atoms with van der Waals surface area (Å²) in [5.41, 5.74) is 0.285. The van der Waals surface area contributed by atoms with Crippen molar-refractivity contribution in [2.75, 3.05) is 53.6 Å². The smallest absolute Gasteiger partial charge is 0.239 e. The summed E-state index contributed by atoms with van der Waals surface area (Å²) in [5, 5.41) is 9.22. The van der Waals surface area contributed by atoms with Crippen molar-refractivity contribution in [2.24, 2.45) is 10.4 Å². The lowest BCUT2D eigenvalue weighted by Gasteiger charge is -2.30. The maximum Gasteiger partial charge on any atom is 0.239 e. The molecule has 0 heterocycles. The minimum atomic E-state index is -0.0677. The molecule has 1 fully saturated rings. The van der Waals surface area contributed by atoms with Crippen LogP contribution >= 0.6 is 24.0 Å². The van der Waals surface area contributed by atoms with E-state index in [1.54, 1.807) is 14.2 Å². The third-order valence-electron chi connectivity index (χ3n) is 4.54. The monoisotopic (exact) mass is 470 g/mol. The SMILES string of the molecule is CCOCCC1(CNC(=NC)NCC(=O)NCCOC)CCCC1.I. The third kappa shape index (κ3) is 10.2. The van der Waals surface area contributed by atoms with Crippen LogP contribution in [0.3, 0.4) is 0 Å². The molecular weight excluding hydrogens is 435 g/mol. The van der Waals surface area contributed by atoms with Crippen molar-refractivity contribution in [1.82, 2.24) is 16.0 Å². The fourth-order valence-corrected chi connectivity index (χ4v) is 3.08. The van der Waals surface area contributed by atoms with Crippen molar-refractivity contribution in [2.45, 2.75) is 39.0 Å². The summed E-state index contributed by atoms with van der Waals surface area (Å²) in [6.45, 7) is 5.71. The number of carbonyl (C=O) groups is 1. The molecule has 1 rings (SSSR count). The van der Waals surface area contributed by atoms with Gasteiger partial charge in [0.05, 0.1) is 13.2 Å². The molecule has 0 aromatic heterocycles. The highest BCUT2D eigenvalue weighted by Crippen LogP contribution is 2.40. The highest BCUT2D eigenvalue weighted by Gasteiger charge is 2.33. The molecule has 3 N–H and O–H groups in total. The van der Waals surface area contributed by atoms with Gasteiger partial charge in [-0.2, -0.15) is 0 Å². The maximum atomic E-state index is 11.7. The molecule has 0 spiro atoms. The zero-order chi connectivity index (χ0) is 17.7. The second kappa shape index (κ2) is 14.5. The summed E-state index contributed by atoms with van der Waals surface area (Å²) in [6, 6.07) is 0. The van der Waals surface area contributed by atoms with E-state index in [2.05, 4.69) is 20.9 Å². The highest BCUT2D eigenvalue weighted by molar-refractivity contribution is 14.0. The molecule has 0 aromatic rings. The van der Waals surface area contributed by atoms with Crippen LogP contribution in [0.25, 0.3) is 0 Å². The Balaban J connectivity index is 0.00000576. The predicted molar refractivity (Wildman–Crippen MR) is 112 cm³/mol. The van der Waals surface area contributed by atoms with Crippen LogP contribution < -0.4 is 16.0 Å². The Bertz CT molecular complexity index is 388. The molecule has 25 heavy (non-hydrogen) atoms. The van der Waals surface area contributed by atoms with Gasteiger partial charge in [-0.15, -0.1) is 24.0 Å². The van der Waals surface area contributed by atoms with Gasteiger partial charge in [-0.1, -0.05) is 12.8 Å². The number of hydrogen-bond acceptors (Lipinski definition) is 4. The Hall–Kier alpha value is -0.610. The van der Waals surface area contributed by atoms with Crippen LogP contribution in [0.15, 0.2) is 4.99 Å². The van der Waals surface area contributed by atoms with Gasteiger partial charge in [0.2, 0.25) is 5.91 Å². The molecular formula is C17H35IN4O3. The third-order valence-corrected chi connectivity index (χ3v) is 4.54. The maximum absolute atomic E-state index is 11.7. The first-order valence-corrected chi connectivity index (χ1v) is 8.93. The Morgan fingerprint density at radius 2 is 1.88 bits per heavy atom. The van der Waals surface area contributed by atoms with E-state index in [4.69, 9.17) is 9.47 Å². The van der Waals surface area contributed by atoms with Crippen LogP contribution in [-0.4, -0.2) is 65.5 Å². The standard InChI is InChI=1S/C17H34N4O3.HI/c1-4-24-11-9-17(7-5-6-8-17)14-21-16(18-2)20-13-15(22)19-10-12-23-3;/h4-14H2,1-3H3,(H,19,22)(H2,18,20,21);1H. The molecule has 0 unspecified atom stereocenters. The van der Waals surface area contributed by atoms with Gasteiger partial charge in [0.1, 0.15) is 0 Å². The summed E-state index contributed by atoms with van der Waals surface area (Å²) in [7, 11) is 3.33. The summed E-state index contributed by atoms with van der Waals surface area (Å²) in [5.74, 6) is 0.599. The molecule has 0 aliphatic heterocycles. The topological polar surface area (TPSA) is 84.0 Å². The van der Waals surface area contributed by atoms with Crippen molar-refractivity contribution < 1.29 is 14.3 Å². The minimum Gasteiger partial charge on any atom is -0.383 e. The van der Waals surface area contributed by atoms with Crippen molar-refractivity contribution in [1.29, 1.82) is 0 Å². The van der Waals surface area contributed by atoms with Crippen molar-refractivity contribution >= 4 is 35.8 Å². The van der Waals surface area contributed by atoms with Crippen LogP contribution in [0.4, 0.5) is 0 Å². The van der Waals surface area contributed by atoms with Gasteiger partial charge in [0.25, 0.3) is 0 Å². The van der Waals surface area contributed by atoms with E-state index in [9.17, 15) is 4.79 Å². The van der Waals surface area contributed by atoms with Crippen LogP contribution in [0.5, 0.6) is 0 Å². The van der Waals surface area contributed by atoms with E-state index in [0.29, 0.717) is 19.1 Å². The summed E-state index contributed by atoms with van der Waals surface area (Å²) in [6.07, 6.45) is 6.08. The molecule has 8 heteroatoms. The number of ether oxygens (including phenoxy) is 2.